The number of carboxylic acid groups (broad SMARTS) is 1. The molecule has 0 spiro atoms. The normalized spacial score (nSPS) is 15.1. The molecule has 3 unspecified atom stereocenters. The molecule has 1 amide bonds. The van der Waals surface area contributed by atoms with Crippen molar-refractivity contribution in [3.05, 3.63) is 0 Å². The highest BCUT2D eigenvalue weighted by Gasteiger charge is 2.48. The van der Waals surface area contributed by atoms with Gasteiger partial charge in [0.25, 0.3) is 5.34 Å². The number of nitrogens with two attached hydrogens (primary N) is 1. The third-order valence-electron chi connectivity index (χ3n) is 4.39. The first-order valence-electron chi connectivity index (χ1n) is 9.00. The molecular weight excluding hydrogens is 329 g/mol. The number of carbonyl (C=O) groups excluding carboxylic acids is 1. The van der Waals surface area contributed by atoms with Crippen molar-refractivity contribution in [1.29, 1.82) is 0 Å². The molecule has 0 aromatic carbocycles. The number of unbranched alkanes of at least 4 members (excludes halogenated alkanes) is 8. The van der Waals surface area contributed by atoms with Crippen LogP contribution < -0.4 is 5.73 Å². The van der Waals surface area contributed by atoms with Crippen LogP contribution in [0.25, 0.3) is 0 Å². The highest BCUT2D eigenvalue weighted by molar-refractivity contribution is 7.25. The molecule has 0 saturated heterocycles. The zero-order chi connectivity index (χ0) is 18.4. The minimum Gasteiger partial charge on any atom is -0.481 e. The first kappa shape index (κ1) is 23.0. The van der Waals surface area contributed by atoms with Crippen LogP contribution in [0.2, 0.25) is 0 Å². The number of rotatable bonds is 16. The Bertz CT molecular complexity index is 391. The molecule has 0 rings (SSSR count). The average Bonchev–Trinajstić information content (AvgIpc) is 2.52. The predicted molar refractivity (Wildman–Crippen MR) is 95.3 cm³/mol. The Kier molecular flexibility index (Phi) is 12.8. The van der Waals surface area contributed by atoms with E-state index in [1.165, 1.54) is 32.1 Å². The molecule has 6 nitrogen and oxygen atoms in total. The molecular formula is C17H33NO5P+. The van der Waals surface area contributed by atoms with Crippen LogP contribution in [0.4, 0.5) is 0 Å². The highest BCUT2D eigenvalue weighted by Crippen LogP contribution is 2.37. The van der Waals surface area contributed by atoms with Crippen LogP contribution >= 0.6 is 8.46 Å². The number of hydrogen-bond acceptors (Lipinski definition) is 4. The highest BCUT2D eigenvalue weighted by atomic mass is 31.1. The fourth-order valence-corrected chi connectivity index (χ4v) is 3.54. The minimum absolute atomic E-state index is 0.0894. The van der Waals surface area contributed by atoms with E-state index >= 15 is 0 Å². The molecule has 3 atom stereocenters. The van der Waals surface area contributed by atoms with Crippen LogP contribution in [-0.4, -0.2) is 27.4 Å². The van der Waals surface area contributed by atoms with E-state index in [0.717, 1.165) is 19.3 Å². The number of amides is 1. The SMILES string of the molecule is CCCCCCCCCCCC(O)([PH+]=O)C(CCC(N)=O)C(=O)O. The summed E-state index contributed by atoms with van der Waals surface area (Å²) in [6.07, 6.45) is 9.83. The van der Waals surface area contributed by atoms with Crippen molar-refractivity contribution in [3.8, 4) is 0 Å². The van der Waals surface area contributed by atoms with E-state index in [1.54, 1.807) is 0 Å². The lowest BCUT2D eigenvalue weighted by molar-refractivity contribution is -0.148. The number of primary amides is 1. The second-order valence-electron chi connectivity index (χ2n) is 6.50. The van der Waals surface area contributed by atoms with E-state index in [9.17, 15) is 24.4 Å². The lowest BCUT2D eigenvalue weighted by Crippen LogP contribution is -2.38. The summed E-state index contributed by atoms with van der Waals surface area (Å²) < 4.78 is 11.4. The fourth-order valence-electron chi connectivity index (χ4n) is 2.85. The Labute approximate surface area is 146 Å². The van der Waals surface area contributed by atoms with Crippen molar-refractivity contribution >= 4 is 20.3 Å². The van der Waals surface area contributed by atoms with E-state index in [-0.39, 0.29) is 19.3 Å². The molecule has 4 N–H and O–H groups in total. The standard InChI is InChI=1S/C17H32NO5P/c1-2-3-4-5-6-7-8-9-10-13-17(22,24-23)14(16(20)21)11-12-15(18)19/h14,22H,2-13H2,1H3,(H2,18,19)(H,20,21)/p+1. The maximum Gasteiger partial charge on any atom is 0.360 e. The van der Waals surface area contributed by atoms with Gasteiger partial charge in [0, 0.05) is 12.8 Å². The van der Waals surface area contributed by atoms with Gasteiger partial charge in [-0.25, -0.2) is 0 Å². The largest absolute Gasteiger partial charge is 0.481 e. The third kappa shape index (κ3) is 9.99. The molecule has 0 aliphatic heterocycles. The predicted octanol–water partition coefficient (Wildman–Crippen LogP) is 3.59. The molecule has 140 valence electrons. The lowest BCUT2D eigenvalue weighted by Gasteiger charge is -2.21. The van der Waals surface area contributed by atoms with E-state index in [2.05, 4.69) is 6.92 Å². The Balaban J connectivity index is 4.17. The lowest BCUT2D eigenvalue weighted by atomic mass is 9.91. The topological polar surface area (TPSA) is 118 Å². The van der Waals surface area contributed by atoms with E-state index in [0.29, 0.717) is 6.42 Å². The van der Waals surface area contributed by atoms with E-state index in [1.807, 2.05) is 0 Å². The molecule has 0 saturated carbocycles. The van der Waals surface area contributed by atoms with Crippen molar-refractivity contribution in [1.82, 2.24) is 0 Å². The van der Waals surface area contributed by atoms with Crippen LogP contribution in [0.1, 0.15) is 84.0 Å². The molecule has 0 radical (unpaired) electrons. The zero-order valence-corrected chi connectivity index (χ0v) is 15.8. The van der Waals surface area contributed by atoms with Crippen molar-refractivity contribution in [2.75, 3.05) is 0 Å². The van der Waals surface area contributed by atoms with Gasteiger partial charge < -0.3 is 15.9 Å². The number of carbonyl (C=O) groups is 2. The van der Waals surface area contributed by atoms with Gasteiger partial charge >= 0.3 is 14.4 Å². The molecule has 0 aliphatic carbocycles. The van der Waals surface area contributed by atoms with Gasteiger partial charge in [-0.3, -0.25) is 9.59 Å². The van der Waals surface area contributed by atoms with Gasteiger partial charge in [0.15, 0.2) is 0 Å². The summed E-state index contributed by atoms with van der Waals surface area (Å²) in [7, 11) is -1.14. The van der Waals surface area contributed by atoms with Crippen LogP contribution in [0, 0.1) is 5.92 Å². The third-order valence-corrected chi connectivity index (χ3v) is 5.34. The number of hydrogen-bond donors (Lipinski definition) is 3. The fraction of sp³-hybridized carbons (Fsp3) is 0.882. The average molecular weight is 362 g/mol. The second kappa shape index (κ2) is 13.3. The van der Waals surface area contributed by atoms with Gasteiger partial charge in [0.1, 0.15) is 5.92 Å². The van der Waals surface area contributed by atoms with Crippen LogP contribution in [0.5, 0.6) is 0 Å². The summed E-state index contributed by atoms with van der Waals surface area (Å²) in [5, 5.41) is 17.9. The summed E-state index contributed by atoms with van der Waals surface area (Å²) >= 11 is 0. The Morgan fingerprint density at radius 2 is 1.54 bits per heavy atom. The van der Waals surface area contributed by atoms with Crippen molar-refractivity contribution in [3.63, 3.8) is 0 Å². The maximum atomic E-state index is 11.4. The van der Waals surface area contributed by atoms with Crippen molar-refractivity contribution < 1.29 is 24.4 Å². The quantitative estimate of drug-likeness (QED) is 0.286. The summed E-state index contributed by atoms with van der Waals surface area (Å²) in [4.78, 5) is 22.2. The number of aliphatic carboxylic acids is 1. The molecule has 0 aromatic rings. The second-order valence-corrected chi connectivity index (χ2v) is 7.57. The minimum atomic E-state index is -1.78. The molecule has 0 heterocycles. The smallest absolute Gasteiger partial charge is 0.360 e. The van der Waals surface area contributed by atoms with Crippen LogP contribution in [0.3, 0.4) is 0 Å². The summed E-state index contributed by atoms with van der Waals surface area (Å²) in [5.41, 5.74) is 5.03. The molecule has 7 heteroatoms. The molecule has 0 bridgehead atoms. The van der Waals surface area contributed by atoms with Crippen LogP contribution in [-0.2, 0) is 14.2 Å². The summed E-state index contributed by atoms with van der Waals surface area (Å²) in [6.45, 7) is 2.19. The molecule has 24 heavy (non-hydrogen) atoms. The Morgan fingerprint density at radius 3 is 1.96 bits per heavy atom. The van der Waals surface area contributed by atoms with Gasteiger partial charge in [-0.2, -0.15) is 0 Å². The molecule has 0 aliphatic rings. The summed E-state index contributed by atoms with van der Waals surface area (Å²) in [6, 6.07) is 0. The van der Waals surface area contributed by atoms with Gasteiger partial charge in [-0.15, -0.1) is 0 Å². The number of carboxylic acids is 1. The van der Waals surface area contributed by atoms with Gasteiger partial charge in [0.05, 0.1) is 0 Å². The van der Waals surface area contributed by atoms with Crippen LogP contribution in [0.15, 0.2) is 0 Å². The Morgan fingerprint density at radius 1 is 1.04 bits per heavy atom. The Hall–Kier alpha value is -1.00. The van der Waals surface area contributed by atoms with Crippen molar-refractivity contribution in [2.24, 2.45) is 11.7 Å². The molecule has 0 aromatic heterocycles. The first-order valence-corrected chi connectivity index (χ1v) is 9.91. The molecule has 0 fully saturated rings. The van der Waals surface area contributed by atoms with E-state index < -0.39 is 31.6 Å². The van der Waals surface area contributed by atoms with Crippen molar-refractivity contribution in [2.45, 2.75) is 89.3 Å². The van der Waals surface area contributed by atoms with Gasteiger partial charge in [0.2, 0.25) is 5.91 Å². The summed E-state index contributed by atoms with van der Waals surface area (Å²) in [5.74, 6) is -3.09. The maximum absolute atomic E-state index is 11.4. The van der Waals surface area contributed by atoms with E-state index in [4.69, 9.17) is 5.73 Å². The number of aliphatic hydroxyl groups is 1. The van der Waals surface area contributed by atoms with Gasteiger partial charge in [-0.1, -0.05) is 62.9 Å². The van der Waals surface area contributed by atoms with Gasteiger partial charge in [-0.05, 0) is 12.8 Å². The first-order chi connectivity index (χ1) is 11.4. The monoisotopic (exact) mass is 362 g/mol. The zero-order valence-electron chi connectivity index (χ0n) is 14.8.